The number of hydrogen-bond acceptors (Lipinski definition) is 4. The Bertz CT molecular complexity index is 387. The summed E-state index contributed by atoms with van der Waals surface area (Å²) in [5, 5.41) is 14.8. The third-order valence-electron chi connectivity index (χ3n) is 2.49. The van der Waals surface area contributed by atoms with Crippen LogP contribution >= 0.6 is 0 Å². The van der Waals surface area contributed by atoms with E-state index in [-0.39, 0.29) is 0 Å². The van der Waals surface area contributed by atoms with Gasteiger partial charge in [0, 0.05) is 24.4 Å². The van der Waals surface area contributed by atoms with Gasteiger partial charge in [0.1, 0.15) is 5.75 Å². The van der Waals surface area contributed by atoms with Crippen molar-refractivity contribution in [2.75, 3.05) is 19.5 Å². The van der Waals surface area contributed by atoms with E-state index in [0.29, 0.717) is 11.7 Å². The molecule has 0 unspecified atom stereocenters. The standard InChI is InChI=1S/C12H18N2O2/c1-8(2)10-5-9(7-14-15)12(16-4)6-11(10)13-3/h5-8,13,15H,1-4H3. The van der Waals surface area contributed by atoms with Crippen molar-refractivity contribution in [2.24, 2.45) is 5.16 Å². The number of nitrogens with zero attached hydrogens (tertiary/aromatic N) is 1. The molecule has 0 fully saturated rings. The minimum atomic E-state index is 0.388. The highest BCUT2D eigenvalue weighted by molar-refractivity contribution is 5.85. The van der Waals surface area contributed by atoms with Crippen LogP contribution in [0.5, 0.6) is 5.75 Å². The molecule has 4 heteroatoms. The Labute approximate surface area is 95.9 Å². The maximum absolute atomic E-state index is 8.59. The van der Waals surface area contributed by atoms with E-state index in [1.165, 1.54) is 11.8 Å². The van der Waals surface area contributed by atoms with E-state index in [1.807, 2.05) is 19.2 Å². The highest BCUT2D eigenvalue weighted by Crippen LogP contribution is 2.30. The molecule has 0 aromatic heterocycles. The van der Waals surface area contributed by atoms with Gasteiger partial charge in [0.25, 0.3) is 0 Å². The number of benzene rings is 1. The molecular formula is C12H18N2O2. The van der Waals surface area contributed by atoms with Crippen molar-refractivity contribution >= 4 is 11.9 Å². The molecule has 88 valence electrons. The lowest BCUT2D eigenvalue weighted by atomic mass is 9.98. The van der Waals surface area contributed by atoms with Crippen molar-refractivity contribution in [3.05, 3.63) is 23.3 Å². The Hall–Kier alpha value is -1.71. The summed E-state index contributed by atoms with van der Waals surface area (Å²) in [7, 11) is 3.47. The first-order valence-corrected chi connectivity index (χ1v) is 5.21. The van der Waals surface area contributed by atoms with Gasteiger partial charge < -0.3 is 15.3 Å². The molecule has 0 aliphatic heterocycles. The zero-order valence-electron chi connectivity index (χ0n) is 10.1. The van der Waals surface area contributed by atoms with Crippen molar-refractivity contribution in [1.82, 2.24) is 0 Å². The first kappa shape index (κ1) is 12.4. The highest BCUT2D eigenvalue weighted by Gasteiger charge is 2.11. The maximum Gasteiger partial charge on any atom is 0.129 e. The van der Waals surface area contributed by atoms with E-state index < -0.39 is 0 Å². The van der Waals surface area contributed by atoms with Crippen LogP contribution in [0, 0.1) is 0 Å². The van der Waals surface area contributed by atoms with E-state index in [9.17, 15) is 0 Å². The fourth-order valence-corrected chi connectivity index (χ4v) is 1.65. The molecule has 0 spiro atoms. The Morgan fingerprint density at radius 3 is 2.56 bits per heavy atom. The molecule has 0 aliphatic carbocycles. The second-order valence-corrected chi connectivity index (χ2v) is 3.83. The summed E-state index contributed by atoms with van der Waals surface area (Å²) in [5.74, 6) is 1.07. The Kier molecular flexibility index (Phi) is 4.17. The van der Waals surface area contributed by atoms with Gasteiger partial charge in [-0.15, -0.1) is 0 Å². The van der Waals surface area contributed by atoms with E-state index in [2.05, 4.69) is 24.3 Å². The van der Waals surface area contributed by atoms with Crippen molar-refractivity contribution in [3.8, 4) is 5.75 Å². The molecular weight excluding hydrogens is 204 g/mol. The predicted octanol–water partition coefficient (Wildman–Crippen LogP) is 2.67. The predicted molar refractivity (Wildman–Crippen MR) is 66.0 cm³/mol. The van der Waals surface area contributed by atoms with Gasteiger partial charge in [-0.2, -0.15) is 0 Å². The van der Waals surface area contributed by atoms with Crippen LogP contribution in [-0.2, 0) is 0 Å². The molecule has 0 atom stereocenters. The first-order chi connectivity index (χ1) is 7.63. The summed E-state index contributed by atoms with van der Waals surface area (Å²) < 4.78 is 5.23. The van der Waals surface area contributed by atoms with Gasteiger partial charge in [-0.1, -0.05) is 19.0 Å². The largest absolute Gasteiger partial charge is 0.496 e. The van der Waals surface area contributed by atoms with Gasteiger partial charge in [-0.3, -0.25) is 0 Å². The second-order valence-electron chi connectivity index (χ2n) is 3.83. The molecule has 0 aliphatic rings. The molecule has 0 radical (unpaired) electrons. The van der Waals surface area contributed by atoms with Crippen LogP contribution in [-0.4, -0.2) is 25.6 Å². The Balaban J connectivity index is 3.34. The molecule has 0 bridgehead atoms. The van der Waals surface area contributed by atoms with Crippen LogP contribution in [0.15, 0.2) is 17.3 Å². The SMILES string of the molecule is CNc1cc(OC)c(C=NO)cc1C(C)C. The molecule has 2 N–H and O–H groups in total. The minimum Gasteiger partial charge on any atom is -0.496 e. The van der Waals surface area contributed by atoms with Gasteiger partial charge in [0.05, 0.1) is 13.3 Å². The van der Waals surface area contributed by atoms with Gasteiger partial charge in [0.15, 0.2) is 0 Å². The summed E-state index contributed by atoms with van der Waals surface area (Å²) >= 11 is 0. The summed E-state index contributed by atoms with van der Waals surface area (Å²) in [6.07, 6.45) is 1.38. The number of ether oxygens (including phenoxy) is 1. The number of anilines is 1. The second kappa shape index (κ2) is 5.39. The summed E-state index contributed by atoms with van der Waals surface area (Å²) in [6.45, 7) is 4.23. The zero-order valence-corrected chi connectivity index (χ0v) is 10.1. The van der Waals surface area contributed by atoms with Crippen molar-refractivity contribution < 1.29 is 9.94 Å². The van der Waals surface area contributed by atoms with Crippen LogP contribution in [0.2, 0.25) is 0 Å². The third-order valence-corrected chi connectivity index (χ3v) is 2.49. The normalized spacial score (nSPS) is 11.1. The molecule has 0 saturated heterocycles. The lowest BCUT2D eigenvalue weighted by Gasteiger charge is -2.15. The summed E-state index contributed by atoms with van der Waals surface area (Å²) in [4.78, 5) is 0. The quantitative estimate of drug-likeness (QED) is 0.468. The van der Waals surface area contributed by atoms with Crippen LogP contribution in [0.3, 0.4) is 0 Å². The molecule has 0 saturated carbocycles. The molecule has 1 aromatic rings. The highest BCUT2D eigenvalue weighted by atomic mass is 16.5. The van der Waals surface area contributed by atoms with Crippen LogP contribution in [0.1, 0.15) is 30.9 Å². The average Bonchev–Trinajstić information content (AvgIpc) is 2.28. The monoisotopic (exact) mass is 222 g/mol. The van der Waals surface area contributed by atoms with E-state index in [0.717, 1.165) is 11.3 Å². The van der Waals surface area contributed by atoms with Crippen molar-refractivity contribution in [1.29, 1.82) is 0 Å². The zero-order chi connectivity index (χ0) is 12.1. The van der Waals surface area contributed by atoms with Crippen LogP contribution in [0.25, 0.3) is 0 Å². The minimum absolute atomic E-state index is 0.388. The fourth-order valence-electron chi connectivity index (χ4n) is 1.65. The van der Waals surface area contributed by atoms with Crippen molar-refractivity contribution in [3.63, 3.8) is 0 Å². The maximum atomic E-state index is 8.59. The first-order valence-electron chi connectivity index (χ1n) is 5.21. The van der Waals surface area contributed by atoms with Gasteiger partial charge in [-0.05, 0) is 17.5 Å². The average molecular weight is 222 g/mol. The molecule has 4 nitrogen and oxygen atoms in total. The van der Waals surface area contributed by atoms with E-state index in [1.54, 1.807) is 7.11 Å². The number of hydrogen-bond donors (Lipinski definition) is 2. The van der Waals surface area contributed by atoms with E-state index >= 15 is 0 Å². The number of rotatable bonds is 4. The van der Waals surface area contributed by atoms with Crippen LogP contribution < -0.4 is 10.1 Å². The molecule has 16 heavy (non-hydrogen) atoms. The number of oxime groups is 1. The Morgan fingerprint density at radius 2 is 2.12 bits per heavy atom. The van der Waals surface area contributed by atoms with Crippen molar-refractivity contribution in [2.45, 2.75) is 19.8 Å². The Morgan fingerprint density at radius 1 is 1.44 bits per heavy atom. The number of methoxy groups -OCH3 is 1. The van der Waals surface area contributed by atoms with Gasteiger partial charge in [0.2, 0.25) is 0 Å². The molecule has 0 amide bonds. The topological polar surface area (TPSA) is 53.8 Å². The number of nitrogens with one attached hydrogen (secondary N) is 1. The van der Waals surface area contributed by atoms with Gasteiger partial charge >= 0.3 is 0 Å². The molecule has 0 heterocycles. The fraction of sp³-hybridized carbons (Fsp3) is 0.417. The summed E-state index contributed by atoms with van der Waals surface area (Å²) in [5.41, 5.74) is 2.97. The van der Waals surface area contributed by atoms with Gasteiger partial charge in [-0.25, -0.2) is 0 Å². The van der Waals surface area contributed by atoms with E-state index in [4.69, 9.17) is 9.94 Å². The lowest BCUT2D eigenvalue weighted by molar-refractivity contribution is 0.321. The molecule has 1 rings (SSSR count). The summed E-state index contributed by atoms with van der Waals surface area (Å²) in [6, 6.07) is 3.88. The smallest absolute Gasteiger partial charge is 0.129 e. The molecule has 1 aromatic carbocycles. The van der Waals surface area contributed by atoms with Crippen LogP contribution in [0.4, 0.5) is 5.69 Å². The third kappa shape index (κ3) is 2.45. The lowest BCUT2D eigenvalue weighted by Crippen LogP contribution is -2.01.